The Morgan fingerprint density at radius 1 is 1.14 bits per heavy atom. The number of phenols is 1. The second-order valence-corrected chi connectivity index (χ2v) is 6.62. The summed E-state index contributed by atoms with van der Waals surface area (Å²) in [6.45, 7) is 3.18. The Morgan fingerprint density at radius 2 is 1.86 bits per heavy atom. The van der Waals surface area contributed by atoms with Gasteiger partial charge < -0.3 is 14.6 Å². The number of ether oxygens (including phenoxy) is 2. The van der Waals surface area contributed by atoms with E-state index in [1.807, 2.05) is 0 Å². The highest BCUT2D eigenvalue weighted by Gasteiger charge is 2.31. The second kappa shape index (κ2) is 7.41. The Balaban J connectivity index is 1.62. The van der Waals surface area contributed by atoms with Gasteiger partial charge in [0.05, 0.1) is 29.3 Å². The van der Waals surface area contributed by atoms with Crippen molar-refractivity contribution >= 4 is 17.5 Å². The van der Waals surface area contributed by atoms with Gasteiger partial charge in [-0.3, -0.25) is 19.8 Å². The van der Waals surface area contributed by atoms with Crippen LogP contribution in [0.15, 0.2) is 42.2 Å². The average molecular weight is 382 g/mol. The molecule has 0 aliphatic carbocycles. The molecule has 1 N–H and O–H groups in total. The monoisotopic (exact) mass is 382 g/mol. The number of fused-ring (bicyclic) bond motifs is 1. The van der Waals surface area contributed by atoms with E-state index < -0.39 is 4.92 Å². The first-order chi connectivity index (χ1) is 13.5. The lowest BCUT2D eigenvalue weighted by Gasteiger charge is -2.27. The van der Waals surface area contributed by atoms with E-state index in [-0.39, 0.29) is 23.0 Å². The smallest absolute Gasteiger partial charge is 0.269 e. The van der Waals surface area contributed by atoms with Gasteiger partial charge in [-0.15, -0.1) is 0 Å². The van der Waals surface area contributed by atoms with Crippen LogP contribution in [0.4, 0.5) is 5.69 Å². The van der Waals surface area contributed by atoms with E-state index in [2.05, 4.69) is 4.90 Å². The average Bonchev–Trinajstić information content (AvgIpc) is 3.01. The van der Waals surface area contributed by atoms with Gasteiger partial charge >= 0.3 is 0 Å². The van der Waals surface area contributed by atoms with Crippen molar-refractivity contribution in [3.8, 4) is 11.5 Å². The molecule has 0 bridgehead atoms. The quantitative estimate of drug-likeness (QED) is 0.493. The third kappa shape index (κ3) is 3.47. The predicted molar refractivity (Wildman–Crippen MR) is 100 cm³/mol. The van der Waals surface area contributed by atoms with Crippen LogP contribution in [-0.2, 0) is 11.3 Å². The number of nitro groups is 1. The van der Waals surface area contributed by atoms with Crippen LogP contribution in [0.2, 0.25) is 0 Å². The first-order valence-electron chi connectivity index (χ1n) is 8.86. The van der Waals surface area contributed by atoms with Crippen molar-refractivity contribution in [2.45, 2.75) is 6.54 Å². The molecule has 0 spiro atoms. The number of carbonyl (C=O) groups is 1. The number of aromatic hydroxyl groups is 1. The zero-order valence-corrected chi connectivity index (χ0v) is 15.0. The minimum absolute atomic E-state index is 0.0261. The predicted octanol–water partition coefficient (Wildman–Crippen LogP) is 2.75. The standard InChI is InChI=1S/C20H18N2O6/c23-17-6-5-15-19(24)18(11-13-1-3-14(4-2-13)22(25)26)28-20(15)16(17)12-21-7-9-27-10-8-21/h1-6,11,23H,7-10,12H2/b18-11+. The number of non-ortho nitro benzene ring substituents is 1. The normalized spacial score (nSPS) is 18.1. The number of ketones is 1. The van der Waals surface area contributed by atoms with Gasteiger partial charge in [-0.2, -0.15) is 0 Å². The molecule has 28 heavy (non-hydrogen) atoms. The first kappa shape index (κ1) is 18.1. The zero-order chi connectivity index (χ0) is 19.7. The molecular formula is C20H18N2O6. The third-order valence-corrected chi connectivity index (χ3v) is 4.80. The maximum absolute atomic E-state index is 12.7. The number of hydrogen-bond donors (Lipinski definition) is 1. The highest BCUT2D eigenvalue weighted by molar-refractivity contribution is 6.15. The van der Waals surface area contributed by atoms with Gasteiger partial charge in [-0.25, -0.2) is 0 Å². The van der Waals surface area contributed by atoms with Crippen molar-refractivity contribution in [3.05, 3.63) is 69.0 Å². The van der Waals surface area contributed by atoms with Crippen LogP contribution in [0, 0.1) is 10.1 Å². The van der Waals surface area contributed by atoms with Crippen molar-refractivity contribution in [1.82, 2.24) is 4.90 Å². The number of Topliss-reactive ketones (excluding diaryl/α,β-unsaturated/α-hetero) is 1. The maximum atomic E-state index is 12.7. The van der Waals surface area contributed by atoms with Gasteiger partial charge in [0.2, 0.25) is 5.78 Å². The zero-order valence-electron chi connectivity index (χ0n) is 15.0. The van der Waals surface area contributed by atoms with E-state index in [1.54, 1.807) is 24.3 Å². The fourth-order valence-electron chi connectivity index (χ4n) is 3.28. The Kier molecular flexibility index (Phi) is 4.81. The van der Waals surface area contributed by atoms with Crippen LogP contribution in [0.1, 0.15) is 21.5 Å². The van der Waals surface area contributed by atoms with Gasteiger partial charge in [0, 0.05) is 31.8 Å². The maximum Gasteiger partial charge on any atom is 0.269 e. The lowest BCUT2D eigenvalue weighted by atomic mass is 10.0. The van der Waals surface area contributed by atoms with Gasteiger partial charge in [0.15, 0.2) is 5.76 Å². The lowest BCUT2D eigenvalue weighted by molar-refractivity contribution is -0.384. The summed E-state index contributed by atoms with van der Waals surface area (Å²) in [5, 5.41) is 21.1. The van der Waals surface area contributed by atoms with Gasteiger partial charge in [0.25, 0.3) is 5.69 Å². The third-order valence-electron chi connectivity index (χ3n) is 4.80. The summed E-state index contributed by atoms with van der Waals surface area (Å²) in [6, 6.07) is 8.90. The Hall–Kier alpha value is -3.23. The van der Waals surface area contributed by atoms with Crippen LogP contribution < -0.4 is 4.74 Å². The molecule has 2 aliphatic heterocycles. The molecule has 2 aromatic rings. The van der Waals surface area contributed by atoms with Gasteiger partial charge in [-0.05, 0) is 35.9 Å². The lowest BCUT2D eigenvalue weighted by Crippen LogP contribution is -2.35. The minimum atomic E-state index is -0.481. The van der Waals surface area contributed by atoms with E-state index in [4.69, 9.17) is 9.47 Å². The van der Waals surface area contributed by atoms with Crippen molar-refractivity contribution in [1.29, 1.82) is 0 Å². The van der Waals surface area contributed by atoms with E-state index >= 15 is 0 Å². The number of benzene rings is 2. The molecule has 144 valence electrons. The van der Waals surface area contributed by atoms with Crippen LogP contribution in [0.25, 0.3) is 6.08 Å². The molecule has 2 heterocycles. The molecule has 0 saturated carbocycles. The van der Waals surface area contributed by atoms with Gasteiger partial charge in [0.1, 0.15) is 11.5 Å². The fourth-order valence-corrected chi connectivity index (χ4v) is 3.28. The van der Waals surface area contributed by atoms with E-state index in [9.17, 15) is 20.0 Å². The van der Waals surface area contributed by atoms with Crippen LogP contribution >= 0.6 is 0 Å². The molecule has 0 radical (unpaired) electrons. The number of morpholine rings is 1. The van der Waals surface area contributed by atoms with Crippen molar-refractivity contribution in [3.63, 3.8) is 0 Å². The molecule has 0 atom stereocenters. The molecule has 1 saturated heterocycles. The molecule has 8 heteroatoms. The summed E-state index contributed by atoms with van der Waals surface area (Å²) < 4.78 is 11.2. The summed E-state index contributed by atoms with van der Waals surface area (Å²) in [5.41, 5.74) is 1.55. The van der Waals surface area contributed by atoms with Crippen molar-refractivity contribution in [2.24, 2.45) is 0 Å². The van der Waals surface area contributed by atoms with E-state index in [0.717, 1.165) is 13.1 Å². The molecule has 8 nitrogen and oxygen atoms in total. The van der Waals surface area contributed by atoms with E-state index in [1.165, 1.54) is 18.2 Å². The Labute approximate surface area is 160 Å². The highest BCUT2D eigenvalue weighted by atomic mass is 16.6. The Bertz CT molecular complexity index is 961. The molecular weight excluding hydrogens is 364 g/mol. The molecule has 0 aromatic heterocycles. The summed E-state index contributed by atoms with van der Waals surface area (Å²) in [7, 11) is 0. The fraction of sp³-hybridized carbons (Fsp3) is 0.250. The van der Waals surface area contributed by atoms with Crippen molar-refractivity contribution in [2.75, 3.05) is 26.3 Å². The van der Waals surface area contributed by atoms with Crippen molar-refractivity contribution < 1.29 is 24.3 Å². The summed E-state index contributed by atoms with van der Waals surface area (Å²) in [6.07, 6.45) is 1.54. The molecule has 1 fully saturated rings. The number of hydrogen-bond acceptors (Lipinski definition) is 7. The number of rotatable bonds is 4. The number of nitrogens with zero attached hydrogens (tertiary/aromatic N) is 2. The summed E-state index contributed by atoms with van der Waals surface area (Å²) in [5.74, 6) is 0.286. The topological polar surface area (TPSA) is 102 Å². The van der Waals surface area contributed by atoms with E-state index in [0.29, 0.717) is 42.2 Å². The van der Waals surface area contributed by atoms with Crippen LogP contribution in [-0.4, -0.2) is 47.0 Å². The number of phenolic OH excluding ortho intramolecular Hbond substituents is 1. The number of allylic oxidation sites excluding steroid dienone is 1. The molecule has 4 rings (SSSR count). The SMILES string of the molecule is O=C1/C(=C\c2ccc([N+](=O)[O-])cc2)Oc2c1ccc(O)c2CN1CCOCC1. The second-order valence-electron chi connectivity index (χ2n) is 6.62. The summed E-state index contributed by atoms with van der Waals surface area (Å²) >= 11 is 0. The number of carbonyl (C=O) groups excluding carboxylic acids is 1. The molecule has 2 aromatic carbocycles. The molecule has 0 amide bonds. The first-order valence-corrected chi connectivity index (χ1v) is 8.86. The Morgan fingerprint density at radius 3 is 2.54 bits per heavy atom. The van der Waals surface area contributed by atoms with Crippen LogP contribution in [0.5, 0.6) is 11.5 Å². The largest absolute Gasteiger partial charge is 0.507 e. The molecule has 2 aliphatic rings. The van der Waals surface area contributed by atoms with Gasteiger partial charge in [-0.1, -0.05) is 0 Å². The highest BCUT2D eigenvalue weighted by Crippen LogP contribution is 2.40. The number of nitro benzene ring substituents is 1. The molecule has 0 unspecified atom stereocenters. The minimum Gasteiger partial charge on any atom is -0.507 e. The van der Waals surface area contributed by atoms with Crippen LogP contribution in [0.3, 0.4) is 0 Å². The summed E-state index contributed by atoms with van der Waals surface area (Å²) in [4.78, 5) is 25.1.